The number of likely N-dealkylation sites (tertiary alicyclic amines) is 1. The van der Waals surface area contributed by atoms with Gasteiger partial charge in [-0.05, 0) is 31.0 Å². The summed E-state index contributed by atoms with van der Waals surface area (Å²) in [7, 11) is 0. The molecular weight excluding hydrogens is 311 g/mol. The van der Waals surface area contributed by atoms with Crippen molar-refractivity contribution >= 4 is 40.7 Å². The van der Waals surface area contributed by atoms with Crippen molar-refractivity contribution in [3.8, 4) is 0 Å². The lowest BCUT2D eigenvalue weighted by Gasteiger charge is -2.20. The zero-order valence-electron chi connectivity index (χ0n) is 11.7. The molecule has 21 heavy (non-hydrogen) atoms. The summed E-state index contributed by atoms with van der Waals surface area (Å²) in [6, 6.07) is 4.81. The van der Waals surface area contributed by atoms with E-state index in [1.807, 2.05) is 0 Å². The second-order valence-electron chi connectivity index (χ2n) is 5.14. The molecule has 2 amide bonds. The zero-order valence-corrected chi connectivity index (χ0v) is 13.2. The third-order valence-corrected chi connectivity index (χ3v) is 4.02. The van der Waals surface area contributed by atoms with Gasteiger partial charge in [0.15, 0.2) is 0 Å². The number of amides is 2. The molecule has 1 aromatic rings. The number of hydrogen-bond acceptors (Lipinski definition) is 2. The number of rotatable bonds is 3. The van der Waals surface area contributed by atoms with Gasteiger partial charge < -0.3 is 10.2 Å². The van der Waals surface area contributed by atoms with Gasteiger partial charge in [0.2, 0.25) is 11.8 Å². The molecular formula is C15H18Cl2N2O2. The minimum absolute atomic E-state index is 0.125. The predicted molar refractivity (Wildman–Crippen MR) is 84.8 cm³/mol. The van der Waals surface area contributed by atoms with E-state index in [9.17, 15) is 9.59 Å². The van der Waals surface area contributed by atoms with Crippen LogP contribution in [0.3, 0.4) is 0 Å². The number of anilines is 1. The number of hydrogen-bond donors (Lipinski definition) is 1. The maximum absolute atomic E-state index is 12.1. The Morgan fingerprint density at radius 3 is 2.38 bits per heavy atom. The second kappa shape index (κ2) is 7.66. The molecule has 0 saturated carbocycles. The molecule has 1 N–H and O–H groups in total. The smallest absolute Gasteiger partial charge is 0.233 e. The molecule has 4 nitrogen and oxygen atoms in total. The third-order valence-electron chi connectivity index (χ3n) is 3.48. The molecule has 0 bridgehead atoms. The highest BCUT2D eigenvalue weighted by Gasteiger charge is 2.19. The van der Waals surface area contributed by atoms with Crippen molar-refractivity contribution in [3.63, 3.8) is 0 Å². The molecule has 0 aromatic heterocycles. The predicted octanol–water partition coefficient (Wildman–Crippen LogP) is 3.72. The van der Waals surface area contributed by atoms with E-state index in [0.29, 0.717) is 15.7 Å². The Balaban J connectivity index is 1.90. The number of carbonyl (C=O) groups is 2. The summed E-state index contributed by atoms with van der Waals surface area (Å²) in [6.45, 7) is 1.49. The van der Waals surface area contributed by atoms with Crippen molar-refractivity contribution < 1.29 is 9.59 Å². The number of nitrogens with zero attached hydrogens (tertiary/aromatic N) is 1. The van der Waals surface area contributed by atoms with E-state index in [2.05, 4.69) is 5.32 Å². The lowest BCUT2D eigenvalue weighted by atomic mass is 10.2. The Bertz CT molecular complexity index is 526. The molecule has 0 aliphatic carbocycles. The van der Waals surface area contributed by atoms with Gasteiger partial charge in [-0.2, -0.15) is 0 Å². The molecule has 114 valence electrons. The SMILES string of the molecule is O=C(CC(=O)N1CCCCCC1)Nc1ccc(Cl)cc1Cl. The van der Waals surface area contributed by atoms with Gasteiger partial charge in [0.25, 0.3) is 0 Å². The van der Waals surface area contributed by atoms with Crippen molar-refractivity contribution in [2.24, 2.45) is 0 Å². The highest BCUT2D eigenvalue weighted by atomic mass is 35.5. The largest absolute Gasteiger partial charge is 0.342 e. The number of nitrogens with one attached hydrogen (secondary N) is 1. The molecule has 0 unspecified atom stereocenters. The minimum Gasteiger partial charge on any atom is -0.342 e. The fourth-order valence-electron chi connectivity index (χ4n) is 2.35. The van der Waals surface area contributed by atoms with Crippen molar-refractivity contribution in [1.82, 2.24) is 4.90 Å². The van der Waals surface area contributed by atoms with Gasteiger partial charge in [-0.1, -0.05) is 36.0 Å². The fraction of sp³-hybridized carbons (Fsp3) is 0.467. The molecule has 0 radical (unpaired) electrons. The first-order valence-corrected chi connectivity index (χ1v) is 7.84. The monoisotopic (exact) mass is 328 g/mol. The molecule has 1 aromatic carbocycles. The van der Waals surface area contributed by atoms with Crippen LogP contribution in [0.4, 0.5) is 5.69 Å². The summed E-state index contributed by atoms with van der Waals surface area (Å²) in [5.41, 5.74) is 0.467. The first-order chi connectivity index (χ1) is 10.1. The van der Waals surface area contributed by atoms with Gasteiger partial charge in [-0.25, -0.2) is 0 Å². The van der Waals surface area contributed by atoms with Gasteiger partial charge in [0, 0.05) is 18.1 Å². The van der Waals surface area contributed by atoms with Crippen LogP contribution >= 0.6 is 23.2 Å². The Labute approximate surface area is 134 Å². The summed E-state index contributed by atoms with van der Waals surface area (Å²) in [4.78, 5) is 25.8. The molecule has 0 atom stereocenters. The van der Waals surface area contributed by atoms with Gasteiger partial charge in [0.05, 0.1) is 10.7 Å². The zero-order chi connectivity index (χ0) is 15.2. The number of halogens is 2. The van der Waals surface area contributed by atoms with E-state index in [1.54, 1.807) is 23.1 Å². The summed E-state index contributed by atoms with van der Waals surface area (Å²) < 4.78 is 0. The average Bonchev–Trinajstić information content (AvgIpc) is 2.71. The molecule has 0 spiro atoms. The quantitative estimate of drug-likeness (QED) is 0.859. The Kier molecular flexibility index (Phi) is 5.88. The number of benzene rings is 1. The average molecular weight is 329 g/mol. The van der Waals surface area contributed by atoms with E-state index < -0.39 is 0 Å². The summed E-state index contributed by atoms with van der Waals surface area (Å²) in [6.07, 6.45) is 4.17. The van der Waals surface area contributed by atoms with Crippen LogP contribution in [0.2, 0.25) is 10.0 Å². The van der Waals surface area contributed by atoms with E-state index in [0.717, 1.165) is 38.8 Å². The van der Waals surface area contributed by atoms with Crippen LogP contribution in [-0.4, -0.2) is 29.8 Å². The van der Waals surface area contributed by atoms with Crippen LogP contribution in [0, 0.1) is 0 Å². The first kappa shape index (κ1) is 16.1. The van der Waals surface area contributed by atoms with E-state index in [4.69, 9.17) is 23.2 Å². The van der Waals surface area contributed by atoms with Crippen molar-refractivity contribution in [2.45, 2.75) is 32.1 Å². The Morgan fingerprint density at radius 2 is 1.76 bits per heavy atom. The van der Waals surface area contributed by atoms with Gasteiger partial charge in [-0.3, -0.25) is 9.59 Å². The molecule has 1 saturated heterocycles. The number of carbonyl (C=O) groups excluding carboxylic acids is 2. The molecule has 1 heterocycles. The topological polar surface area (TPSA) is 49.4 Å². The second-order valence-corrected chi connectivity index (χ2v) is 5.99. The van der Waals surface area contributed by atoms with Gasteiger partial charge in [0.1, 0.15) is 6.42 Å². The lowest BCUT2D eigenvalue weighted by Crippen LogP contribution is -2.34. The normalized spacial score (nSPS) is 15.4. The maximum Gasteiger partial charge on any atom is 0.233 e. The van der Waals surface area contributed by atoms with E-state index in [1.165, 1.54) is 0 Å². The van der Waals surface area contributed by atoms with E-state index >= 15 is 0 Å². The first-order valence-electron chi connectivity index (χ1n) is 7.09. The molecule has 1 aliphatic rings. The van der Waals surface area contributed by atoms with E-state index in [-0.39, 0.29) is 18.2 Å². The van der Waals surface area contributed by atoms with Crippen LogP contribution < -0.4 is 5.32 Å². The van der Waals surface area contributed by atoms with Crippen LogP contribution in [0.25, 0.3) is 0 Å². The molecule has 2 rings (SSSR count). The highest BCUT2D eigenvalue weighted by molar-refractivity contribution is 6.36. The third kappa shape index (κ3) is 4.90. The maximum atomic E-state index is 12.1. The Hall–Kier alpha value is -1.26. The summed E-state index contributed by atoms with van der Waals surface area (Å²) in [5.74, 6) is -0.479. The lowest BCUT2D eigenvalue weighted by molar-refractivity contribution is -0.134. The molecule has 1 aliphatic heterocycles. The van der Waals surface area contributed by atoms with Gasteiger partial charge >= 0.3 is 0 Å². The highest BCUT2D eigenvalue weighted by Crippen LogP contribution is 2.25. The minimum atomic E-state index is -0.353. The van der Waals surface area contributed by atoms with Crippen LogP contribution in [-0.2, 0) is 9.59 Å². The summed E-state index contributed by atoms with van der Waals surface area (Å²) in [5, 5.41) is 3.50. The fourth-order valence-corrected chi connectivity index (χ4v) is 2.81. The van der Waals surface area contributed by atoms with Crippen LogP contribution in [0.15, 0.2) is 18.2 Å². The Morgan fingerprint density at radius 1 is 1.10 bits per heavy atom. The molecule has 6 heteroatoms. The van der Waals surface area contributed by atoms with Crippen molar-refractivity contribution in [2.75, 3.05) is 18.4 Å². The van der Waals surface area contributed by atoms with Crippen LogP contribution in [0.5, 0.6) is 0 Å². The molecule has 1 fully saturated rings. The van der Waals surface area contributed by atoms with Gasteiger partial charge in [-0.15, -0.1) is 0 Å². The van der Waals surface area contributed by atoms with Crippen LogP contribution in [0.1, 0.15) is 32.1 Å². The van der Waals surface area contributed by atoms with Crippen molar-refractivity contribution in [3.05, 3.63) is 28.2 Å². The standard InChI is InChI=1S/C15H18Cl2N2O2/c16-11-5-6-13(12(17)9-11)18-14(20)10-15(21)19-7-3-1-2-4-8-19/h5-6,9H,1-4,7-8,10H2,(H,18,20). The van der Waals surface area contributed by atoms with Crippen molar-refractivity contribution in [1.29, 1.82) is 0 Å². The summed E-state index contributed by atoms with van der Waals surface area (Å²) >= 11 is 11.8.